The van der Waals surface area contributed by atoms with Crippen molar-refractivity contribution in [3.05, 3.63) is 0 Å². The predicted octanol–water partition coefficient (Wildman–Crippen LogP) is 2.61. The van der Waals surface area contributed by atoms with Crippen molar-refractivity contribution in [3.8, 4) is 0 Å². The molecule has 0 aromatic rings. The number of piperidine rings is 1. The van der Waals surface area contributed by atoms with Gasteiger partial charge in [-0.25, -0.2) is 0 Å². The number of nitrogens with two attached hydrogens (primary N) is 1. The zero-order chi connectivity index (χ0) is 11.8. The molecule has 0 amide bonds. The van der Waals surface area contributed by atoms with Gasteiger partial charge in [0.25, 0.3) is 0 Å². The third kappa shape index (κ3) is 2.26. The molecule has 4 atom stereocenters. The molecule has 0 aromatic heterocycles. The van der Waals surface area contributed by atoms with Crippen LogP contribution in [0.25, 0.3) is 0 Å². The molecule has 98 valence electrons. The first-order chi connectivity index (χ1) is 8.29. The minimum Gasteiger partial charge on any atom is -0.328 e. The molecule has 0 radical (unpaired) electrons. The fourth-order valence-electron chi connectivity index (χ4n) is 4.45. The van der Waals surface area contributed by atoms with E-state index in [9.17, 15) is 0 Å². The maximum atomic E-state index is 6.18. The number of nitrogens with zero attached hydrogens (tertiary/aromatic N) is 1. The molecule has 2 aliphatic heterocycles. The molecule has 3 fully saturated rings. The lowest BCUT2D eigenvalue weighted by atomic mass is 9.95. The van der Waals surface area contributed by atoms with Gasteiger partial charge in [0, 0.05) is 29.4 Å². The number of rotatable bonds is 3. The summed E-state index contributed by atoms with van der Waals surface area (Å²) in [5, 5.41) is 0.914. The van der Waals surface area contributed by atoms with Gasteiger partial charge in [-0.3, -0.25) is 4.90 Å². The molecule has 4 unspecified atom stereocenters. The van der Waals surface area contributed by atoms with Crippen molar-refractivity contribution in [2.24, 2.45) is 5.73 Å². The molecular formula is C14H26N2S. The van der Waals surface area contributed by atoms with Crippen LogP contribution in [0.4, 0.5) is 0 Å². The molecule has 2 bridgehead atoms. The highest BCUT2D eigenvalue weighted by Gasteiger charge is 2.46. The molecule has 3 aliphatic rings. The summed E-state index contributed by atoms with van der Waals surface area (Å²) in [7, 11) is 0. The van der Waals surface area contributed by atoms with Crippen LogP contribution < -0.4 is 5.73 Å². The molecule has 17 heavy (non-hydrogen) atoms. The van der Waals surface area contributed by atoms with Crippen molar-refractivity contribution in [2.75, 3.05) is 5.75 Å². The molecule has 3 heteroatoms. The minimum absolute atomic E-state index is 0.488. The van der Waals surface area contributed by atoms with Crippen molar-refractivity contribution in [2.45, 2.75) is 81.3 Å². The first kappa shape index (κ1) is 12.3. The van der Waals surface area contributed by atoms with Crippen LogP contribution in [0.1, 0.15) is 51.9 Å². The molecule has 0 spiro atoms. The Bertz CT molecular complexity index is 257. The minimum atomic E-state index is 0.488. The van der Waals surface area contributed by atoms with Crippen LogP contribution in [0.3, 0.4) is 0 Å². The highest BCUT2D eigenvalue weighted by molar-refractivity contribution is 7.99. The molecule has 3 rings (SSSR count). The number of hydrogen-bond acceptors (Lipinski definition) is 3. The number of fused-ring (bicyclic) bond motifs is 2. The van der Waals surface area contributed by atoms with Crippen LogP contribution in [-0.4, -0.2) is 40.1 Å². The summed E-state index contributed by atoms with van der Waals surface area (Å²) in [6, 6.07) is 3.02. The standard InChI is InChI=1S/C14H26N2S/c1-2-17-14-5-3-4-13(14)16-11-6-7-12(16)9-10(15)8-11/h10-14H,2-9,15H2,1H3. The Morgan fingerprint density at radius 3 is 2.47 bits per heavy atom. The van der Waals surface area contributed by atoms with Crippen LogP contribution in [0, 0.1) is 0 Å². The van der Waals surface area contributed by atoms with E-state index < -0.39 is 0 Å². The number of thioether (sulfide) groups is 1. The Labute approximate surface area is 110 Å². The van der Waals surface area contributed by atoms with E-state index in [0.29, 0.717) is 6.04 Å². The van der Waals surface area contributed by atoms with Gasteiger partial charge in [0.15, 0.2) is 0 Å². The summed E-state index contributed by atoms with van der Waals surface area (Å²) in [5.74, 6) is 1.28. The topological polar surface area (TPSA) is 29.3 Å². The second-order valence-electron chi connectivity index (χ2n) is 6.06. The lowest BCUT2D eigenvalue weighted by Gasteiger charge is -2.43. The van der Waals surface area contributed by atoms with E-state index in [4.69, 9.17) is 5.73 Å². The molecule has 2 heterocycles. The molecule has 2 N–H and O–H groups in total. The maximum absolute atomic E-state index is 6.18. The third-order valence-corrected chi connectivity index (χ3v) is 6.32. The van der Waals surface area contributed by atoms with E-state index in [1.807, 2.05) is 0 Å². The van der Waals surface area contributed by atoms with Crippen LogP contribution in [0.5, 0.6) is 0 Å². The second kappa shape index (κ2) is 5.10. The van der Waals surface area contributed by atoms with E-state index in [1.165, 1.54) is 50.7 Å². The largest absolute Gasteiger partial charge is 0.328 e. The van der Waals surface area contributed by atoms with E-state index in [1.54, 1.807) is 0 Å². The van der Waals surface area contributed by atoms with Crippen LogP contribution in [0.2, 0.25) is 0 Å². The van der Waals surface area contributed by atoms with Crippen molar-refractivity contribution >= 4 is 11.8 Å². The maximum Gasteiger partial charge on any atom is 0.0220 e. The van der Waals surface area contributed by atoms with E-state index in [-0.39, 0.29) is 0 Å². The van der Waals surface area contributed by atoms with Crippen LogP contribution in [-0.2, 0) is 0 Å². The normalized spacial score (nSPS) is 46.6. The zero-order valence-electron chi connectivity index (χ0n) is 11.0. The van der Waals surface area contributed by atoms with E-state index >= 15 is 0 Å². The molecule has 2 nitrogen and oxygen atoms in total. The fourth-order valence-corrected chi connectivity index (χ4v) is 5.71. The summed E-state index contributed by atoms with van der Waals surface area (Å²) >= 11 is 2.20. The van der Waals surface area contributed by atoms with Gasteiger partial charge in [-0.1, -0.05) is 13.3 Å². The Hall–Kier alpha value is 0.270. The average Bonchev–Trinajstić information content (AvgIpc) is 2.82. The monoisotopic (exact) mass is 254 g/mol. The van der Waals surface area contributed by atoms with Gasteiger partial charge in [0.2, 0.25) is 0 Å². The van der Waals surface area contributed by atoms with E-state index in [2.05, 4.69) is 23.6 Å². The summed E-state index contributed by atoms with van der Waals surface area (Å²) in [6.07, 6.45) is 9.69. The van der Waals surface area contributed by atoms with Gasteiger partial charge in [-0.2, -0.15) is 11.8 Å². The highest BCUT2D eigenvalue weighted by atomic mass is 32.2. The van der Waals surface area contributed by atoms with Crippen molar-refractivity contribution in [3.63, 3.8) is 0 Å². The number of hydrogen-bond donors (Lipinski definition) is 1. The summed E-state index contributed by atoms with van der Waals surface area (Å²) < 4.78 is 0. The summed E-state index contributed by atoms with van der Waals surface area (Å²) in [4.78, 5) is 2.91. The fraction of sp³-hybridized carbons (Fsp3) is 1.00. The quantitative estimate of drug-likeness (QED) is 0.839. The molecule has 0 aromatic carbocycles. The van der Waals surface area contributed by atoms with Gasteiger partial charge < -0.3 is 5.73 Å². The van der Waals surface area contributed by atoms with Crippen molar-refractivity contribution in [1.29, 1.82) is 0 Å². The molecular weight excluding hydrogens is 228 g/mol. The lowest BCUT2D eigenvalue weighted by molar-refractivity contribution is 0.0824. The van der Waals surface area contributed by atoms with Gasteiger partial charge in [-0.15, -0.1) is 0 Å². The first-order valence-corrected chi connectivity index (χ1v) is 8.49. The van der Waals surface area contributed by atoms with Gasteiger partial charge in [0.1, 0.15) is 0 Å². The van der Waals surface area contributed by atoms with Gasteiger partial charge in [-0.05, 0) is 44.3 Å². The molecule has 2 saturated heterocycles. The third-order valence-electron chi connectivity index (χ3n) is 5.01. The van der Waals surface area contributed by atoms with Crippen molar-refractivity contribution in [1.82, 2.24) is 4.90 Å². The van der Waals surface area contributed by atoms with Crippen molar-refractivity contribution < 1.29 is 0 Å². The SMILES string of the molecule is CCSC1CCCC1N1C2CCC1CC(N)C2. The van der Waals surface area contributed by atoms with Crippen LogP contribution in [0.15, 0.2) is 0 Å². The van der Waals surface area contributed by atoms with Gasteiger partial charge >= 0.3 is 0 Å². The van der Waals surface area contributed by atoms with E-state index in [0.717, 1.165) is 23.4 Å². The second-order valence-corrected chi connectivity index (χ2v) is 7.57. The van der Waals surface area contributed by atoms with Crippen LogP contribution >= 0.6 is 11.8 Å². The lowest BCUT2D eigenvalue weighted by Crippen LogP contribution is -2.53. The zero-order valence-corrected chi connectivity index (χ0v) is 11.8. The Kier molecular flexibility index (Phi) is 3.69. The first-order valence-electron chi connectivity index (χ1n) is 7.44. The smallest absolute Gasteiger partial charge is 0.0220 e. The Morgan fingerprint density at radius 2 is 1.82 bits per heavy atom. The Balaban J connectivity index is 1.71. The summed E-state index contributed by atoms with van der Waals surface area (Å²) in [6.45, 7) is 2.31. The predicted molar refractivity (Wildman–Crippen MR) is 75.4 cm³/mol. The highest BCUT2D eigenvalue weighted by Crippen LogP contribution is 2.43. The molecule has 1 aliphatic carbocycles. The van der Waals surface area contributed by atoms with Gasteiger partial charge in [0.05, 0.1) is 0 Å². The Morgan fingerprint density at radius 1 is 1.12 bits per heavy atom. The summed E-state index contributed by atoms with van der Waals surface area (Å²) in [5.41, 5.74) is 6.18. The average molecular weight is 254 g/mol. The molecule has 1 saturated carbocycles.